The van der Waals surface area contributed by atoms with Crippen LogP contribution in [0.1, 0.15) is 62.9 Å². The number of fused-ring (bicyclic) bond motifs is 12. The molecule has 3 heteroatoms. The molecule has 0 spiro atoms. The van der Waals surface area contributed by atoms with Crippen LogP contribution in [-0.4, -0.2) is 14.5 Å². The predicted octanol–water partition coefficient (Wildman–Crippen LogP) is 15.1. The van der Waals surface area contributed by atoms with Gasteiger partial charge in [-0.15, -0.1) is 0 Å². The van der Waals surface area contributed by atoms with Gasteiger partial charge in [-0.2, -0.15) is 0 Å². The Bertz CT molecular complexity index is 3650. The van der Waals surface area contributed by atoms with Gasteiger partial charge in [-0.3, -0.25) is 0 Å². The second-order valence-corrected chi connectivity index (χ2v) is 18.4. The highest BCUT2D eigenvalue weighted by atomic mass is 15.0. The van der Waals surface area contributed by atoms with Gasteiger partial charge in [0.15, 0.2) is 5.82 Å². The van der Waals surface area contributed by atoms with Gasteiger partial charge in [-0.1, -0.05) is 161 Å². The van der Waals surface area contributed by atoms with Gasteiger partial charge in [0.25, 0.3) is 0 Å². The number of rotatable bonds is 3. The highest BCUT2D eigenvalue weighted by Crippen LogP contribution is 2.54. The fourth-order valence-electron chi connectivity index (χ4n) is 11.4. The quantitative estimate of drug-likeness (QED) is 0.179. The number of benzene rings is 8. The van der Waals surface area contributed by atoms with Gasteiger partial charge in [-0.05, 0) is 104 Å². The molecule has 0 fully saturated rings. The molecule has 2 heterocycles. The molecule has 3 aliphatic carbocycles. The van der Waals surface area contributed by atoms with E-state index in [4.69, 9.17) is 9.97 Å². The van der Waals surface area contributed by atoms with Crippen LogP contribution < -0.4 is 0 Å². The van der Waals surface area contributed by atoms with E-state index in [1.165, 1.54) is 87.5 Å². The lowest BCUT2D eigenvalue weighted by Crippen LogP contribution is -2.18. The van der Waals surface area contributed by atoms with Crippen molar-refractivity contribution in [3.05, 3.63) is 192 Å². The van der Waals surface area contributed by atoms with Crippen molar-refractivity contribution in [1.82, 2.24) is 14.5 Å². The highest BCUT2D eigenvalue weighted by molar-refractivity contribution is 6.24. The summed E-state index contributed by atoms with van der Waals surface area (Å²) in [7, 11) is 0. The van der Waals surface area contributed by atoms with Gasteiger partial charge in [0.2, 0.25) is 0 Å². The Kier molecular flexibility index (Phi) is 6.97. The number of aromatic nitrogens is 3. The summed E-state index contributed by atoms with van der Waals surface area (Å²) in [6.45, 7) is 9.40. The molecule has 0 bridgehead atoms. The molecule has 13 rings (SSSR count). The average molecular weight is 782 g/mol. The molecule has 0 radical (unpaired) electrons. The van der Waals surface area contributed by atoms with E-state index in [1.54, 1.807) is 0 Å². The molecule has 0 amide bonds. The van der Waals surface area contributed by atoms with Crippen molar-refractivity contribution in [2.75, 3.05) is 0 Å². The number of nitrogens with zero attached hydrogens (tertiary/aromatic N) is 3. The summed E-state index contributed by atoms with van der Waals surface area (Å²) in [5, 5.41) is 9.91. The third kappa shape index (κ3) is 4.69. The highest BCUT2D eigenvalue weighted by Gasteiger charge is 2.41. The lowest BCUT2D eigenvalue weighted by molar-refractivity contribution is 0.636. The first-order chi connectivity index (χ1) is 29.8. The largest absolute Gasteiger partial charge is 0.309 e. The SMILES string of the molecule is CC1(C)C2=C(CCC=C2)c2ccc(-c3nc(-c4ccc(-n5c6cc7ccccc7cc6c6c7ccccc7ccc65)c5ccccc45)c4c(n3)C(C)(C)c3ccccc3-4)cc21. The van der Waals surface area contributed by atoms with Crippen LogP contribution in [0.25, 0.3) is 99.2 Å². The smallest absolute Gasteiger partial charge is 0.160 e. The molecule has 0 N–H and O–H groups in total. The van der Waals surface area contributed by atoms with E-state index in [0.717, 1.165) is 52.4 Å². The molecule has 290 valence electrons. The third-order valence-electron chi connectivity index (χ3n) is 14.4. The van der Waals surface area contributed by atoms with Crippen molar-refractivity contribution < 1.29 is 0 Å². The Labute approximate surface area is 355 Å². The van der Waals surface area contributed by atoms with E-state index >= 15 is 0 Å². The van der Waals surface area contributed by atoms with Gasteiger partial charge in [0.05, 0.1) is 28.1 Å². The molecular weight excluding hydrogens is 739 g/mol. The van der Waals surface area contributed by atoms with Crippen LogP contribution in [0.5, 0.6) is 0 Å². The van der Waals surface area contributed by atoms with E-state index in [0.29, 0.717) is 0 Å². The van der Waals surface area contributed by atoms with Gasteiger partial charge in [0.1, 0.15) is 0 Å². The van der Waals surface area contributed by atoms with E-state index in [-0.39, 0.29) is 10.8 Å². The molecule has 0 aliphatic heterocycles. The van der Waals surface area contributed by atoms with Crippen molar-refractivity contribution in [2.24, 2.45) is 0 Å². The van der Waals surface area contributed by atoms with Crippen LogP contribution in [0.4, 0.5) is 0 Å². The van der Waals surface area contributed by atoms with Gasteiger partial charge < -0.3 is 4.57 Å². The topological polar surface area (TPSA) is 30.7 Å². The van der Waals surface area contributed by atoms with E-state index in [9.17, 15) is 0 Å². The molecule has 0 saturated heterocycles. The Hall–Kier alpha value is -7.10. The predicted molar refractivity (Wildman–Crippen MR) is 256 cm³/mol. The van der Waals surface area contributed by atoms with Crippen molar-refractivity contribution in [2.45, 2.75) is 51.4 Å². The number of allylic oxidation sites excluding steroid dienone is 4. The maximum Gasteiger partial charge on any atom is 0.160 e. The molecule has 10 aromatic rings. The van der Waals surface area contributed by atoms with Crippen molar-refractivity contribution in [3.8, 4) is 39.5 Å². The van der Waals surface area contributed by atoms with Gasteiger partial charge in [0, 0.05) is 43.7 Å². The zero-order chi connectivity index (χ0) is 40.8. The Balaban J connectivity index is 1.08. The minimum absolute atomic E-state index is 0.0793. The van der Waals surface area contributed by atoms with Crippen molar-refractivity contribution in [3.63, 3.8) is 0 Å². The van der Waals surface area contributed by atoms with Gasteiger partial charge in [-0.25, -0.2) is 9.97 Å². The zero-order valence-electron chi connectivity index (χ0n) is 34.8. The van der Waals surface area contributed by atoms with Gasteiger partial charge >= 0.3 is 0 Å². The van der Waals surface area contributed by atoms with Crippen LogP contribution in [0, 0.1) is 0 Å². The lowest BCUT2D eigenvalue weighted by atomic mass is 9.79. The van der Waals surface area contributed by atoms with Crippen LogP contribution in [0.15, 0.2) is 169 Å². The maximum atomic E-state index is 5.68. The minimum Gasteiger partial charge on any atom is -0.309 e. The molecule has 61 heavy (non-hydrogen) atoms. The number of hydrogen-bond donors (Lipinski definition) is 0. The number of hydrogen-bond acceptors (Lipinski definition) is 2. The van der Waals surface area contributed by atoms with Crippen molar-refractivity contribution in [1.29, 1.82) is 0 Å². The Morgan fingerprint density at radius 1 is 0.525 bits per heavy atom. The summed E-state index contributed by atoms with van der Waals surface area (Å²) in [6.07, 6.45) is 6.89. The molecule has 3 aliphatic rings. The normalized spacial score (nSPS) is 15.9. The van der Waals surface area contributed by atoms with Crippen LogP contribution >= 0.6 is 0 Å². The summed E-state index contributed by atoms with van der Waals surface area (Å²) in [5.74, 6) is 0.781. The monoisotopic (exact) mass is 781 g/mol. The second kappa shape index (κ2) is 12.2. The third-order valence-corrected chi connectivity index (χ3v) is 14.4. The summed E-state index contributed by atoms with van der Waals surface area (Å²) < 4.78 is 2.50. The summed E-state index contributed by atoms with van der Waals surface area (Å²) >= 11 is 0. The summed E-state index contributed by atoms with van der Waals surface area (Å²) in [5.41, 5.74) is 16.8. The maximum absolute atomic E-state index is 5.68. The second-order valence-electron chi connectivity index (χ2n) is 18.4. The molecule has 2 aromatic heterocycles. The van der Waals surface area contributed by atoms with Crippen molar-refractivity contribution >= 4 is 59.7 Å². The molecule has 3 nitrogen and oxygen atoms in total. The van der Waals surface area contributed by atoms with Crippen LogP contribution in [-0.2, 0) is 10.8 Å². The Morgan fingerprint density at radius 2 is 1.25 bits per heavy atom. The molecule has 0 saturated carbocycles. The first-order valence-corrected chi connectivity index (χ1v) is 21.7. The molecule has 0 atom stereocenters. The first kappa shape index (κ1) is 34.7. The average Bonchev–Trinajstić information content (AvgIpc) is 3.84. The summed E-state index contributed by atoms with van der Waals surface area (Å²) in [4.78, 5) is 11.2. The van der Waals surface area contributed by atoms with E-state index < -0.39 is 0 Å². The Morgan fingerprint density at radius 3 is 2.10 bits per heavy atom. The molecule has 0 unspecified atom stereocenters. The first-order valence-electron chi connectivity index (χ1n) is 21.7. The van der Waals surface area contributed by atoms with E-state index in [1.807, 2.05) is 0 Å². The standard InChI is InChI=1S/C58H43N3/c1-57(2)46-23-13-11-20-40(46)41-27-25-37(32-48(41)57)56-59-54(53-44-22-12-14-24-47(44)58(3,4)55(53)60-56)43-28-30-49(42-21-10-9-19-39(42)43)61-50-29-26-34-15-7-8-18-38(34)52(50)45-31-35-16-5-6-17-36(35)33-51(45)61/h5-10,12-19,21-33H,11,20H2,1-4H3. The minimum atomic E-state index is -0.302. The van der Waals surface area contributed by atoms with Crippen LogP contribution in [0.3, 0.4) is 0 Å². The lowest BCUT2D eigenvalue weighted by Gasteiger charge is -2.24. The fraction of sp³-hybridized carbons (Fsp3) is 0.138. The summed E-state index contributed by atoms with van der Waals surface area (Å²) in [6, 6.07) is 56.3. The zero-order valence-corrected chi connectivity index (χ0v) is 34.8. The van der Waals surface area contributed by atoms with E-state index in [2.05, 4.69) is 196 Å². The van der Waals surface area contributed by atoms with Crippen LogP contribution in [0.2, 0.25) is 0 Å². The molecular formula is C58H43N3. The fourth-order valence-corrected chi connectivity index (χ4v) is 11.4. The molecule has 8 aromatic carbocycles.